The van der Waals surface area contributed by atoms with Crippen LogP contribution in [0.15, 0.2) is 23.8 Å². The van der Waals surface area contributed by atoms with Crippen molar-refractivity contribution >= 4 is 28.8 Å². The van der Waals surface area contributed by atoms with Crippen LogP contribution in [0.2, 0.25) is 0 Å². The average Bonchev–Trinajstić information content (AvgIpc) is 3.08. The van der Waals surface area contributed by atoms with Crippen molar-refractivity contribution in [3.05, 3.63) is 34.9 Å². The molecule has 2 N–H and O–H groups in total. The Labute approximate surface area is 171 Å². The highest BCUT2D eigenvalue weighted by Crippen LogP contribution is 2.44. The fourth-order valence-electron chi connectivity index (χ4n) is 3.20. The Morgan fingerprint density at radius 1 is 1.33 bits per heavy atom. The van der Waals surface area contributed by atoms with E-state index in [9.17, 15) is 22.8 Å². The van der Waals surface area contributed by atoms with Gasteiger partial charge in [0, 0.05) is 0 Å². The minimum atomic E-state index is -5.13. The predicted molar refractivity (Wildman–Crippen MR) is 105 cm³/mol. The second-order valence-electron chi connectivity index (χ2n) is 7.60. The first-order valence-electron chi connectivity index (χ1n) is 9.34. The molecule has 0 spiro atoms. The van der Waals surface area contributed by atoms with Crippen LogP contribution in [-0.2, 0) is 20.0 Å². The maximum atomic E-state index is 14.3. The number of nitrogens with one attached hydrogen (secondary N) is 2. The third kappa shape index (κ3) is 3.45. The van der Waals surface area contributed by atoms with Crippen molar-refractivity contribution < 1.29 is 27.5 Å². The van der Waals surface area contributed by atoms with E-state index in [1.807, 2.05) is 26.1 Å². The van der Waals surface area contributed by atoms with Crippen LogP contribution >= 0.6 is 0 Å². The molecule has 30 heavy (non-hydrogen) atoms. The lowest BCUT2D eigenvalue weighted by Crippen LogP contribution is -2.64. The zero-order chi connectivity index (χ0) is 22.4. The summed E-state index contributed by atoms with van der Waals surface area (Å²) in [7, 11) is 0. The normalized spacial score (nSPS) is 19.4. The molecule has 0 bridgehead atoms. The SMILES string of the molecule is CC(C)=CCO[C@H](C)C(=O)NC1(C(F)(F)F)C(=O)Nc2nc3cc(C)c(C)cc3n21. The molecule has 2 heterocycles. The lowest BCUT2D eigenvalue weighted by Gasteiger charge is -2.32. The van der Waals surface area contributed by atoms with Crippen LogP contribution in [0.3, 0.4) is 0 Å². The number of hydrogen-bond donors (Lipinski definition) is 2. The number of alkyl halides is 3. The molecular weight excluding hydrogens is 401 g/mol. The topological polar surface area (TPSA) is 85.2 Å². The smallest absolute Gasteiger partial charge is 0.365 e. The Bertz CT molecular complexity index is 1050. The van der Waals surface area contributed by atoms with Gasteiger partial charge in [0.15, 0.2) is 0 Å². The quantitative estimate of drug-likeness (QED) is 0.722. The second-order valence-corrected chi connectivity index (χ2v) is 7.60. The van der Waals surface area contributed by atoms with Gasteiger partial charge in [-0.1, -0.05) is 11.6 Å². The molecule has 0 radical (unpaired) electrons. The Kier molecular flexibility index (Phi) is 5.40. The molecule has 0 saturated carbocycles. The standard InChI is InChI=1S/C20H23F3N4O3/c1-10(2)6-7-30-13(5)16(28)26-19(20(21,22)23)17(29)25-18-24-14-8-11(3)12(4)9-15(14)27(18)19/h6,8-9,13H,7H2,1-5H3,(H,26,28)(H,24,25,29)/t13-,19?/m1/s1. The molecule has 0 aliphatic carbocycles. The van der Waals surface area contributed by atoms with Gasteiger partial charge in [-0.25, -0.2) is 4.98 Å². The van der Waals surface area contributed by atoms with E-state index in [0.717, 1.165) is 16.7 Å². The van der Waals surface area contributed by atoms with Crippen LogP contribution in [-0.4, -0.2) is 40.3 Å². The van der Waals surface area contributed by atoms with Crippen molar-refractivity contribution in [1.29, 1.82) is 0 Å². The van der Waals surface area contributed by atoms with Crippen molar-refractivity contribution in [3.8, 4) is 0 Å². The van der Waals surface area contributed by atoms with Crippen molar-refractivity contribution in [3.63, 3.8) is 0 Å². The number of rotatable bonds is 5. The second kappa shape index (κ2) is 7.42. The molecule has 1 aliphatic heterocycles. The van der Waals surface area contributed by atoms with E-state index in [0.29, 0.717) is 4.57 Å². The van der Waals surface area contributed by atoms with E-state index in [1.54, 1.807) is 19.1 Å². The number of aryl methyl sites for hydroxylation is 2. The summed E-state index contributed by atoms with van der Waals surface area (Å²) >= 11 is 0. The third-order valence-electron chi connectivity index (χ3n) is 5.08. The Hall–Kier alpha value is -2.88. The monoisotopic (exact) mass is 424 g/mol. The molecule has 1 aliphatic rings. The van der Waals surface area contributed by atoms with E-state index in [-0.39, 0.29) is 23.6 Å². The van der Waals surface area contributed by atoms with Crippen LogP contribution in [0, 0.1) is 13.8 Å². The zero-order valence-electron chi connectivity index (χ0n) is 17.3. The minimum Gasteiger partial charge on any atom is -0.365 e. The Balaban J connectivity index is 2.07. The molecule has 1 unspecified atom stereocenters. The summed E-state index contributed by atoms with van der Waals surface area (Å²) in [6.07, 6.45) is -4.65. The number of anilines is 1. The van der Waals surface area contributed by atoms with Crippen LogP contribution in [0.1, 0.15) is 31.9 Å². The van der Waals surface area contributed by atoms with Gasteiger partial charge < -0.3 is 10.1 Å². The summed E-state index contributed by atoms with van der Waals surface area (Å²) in [6.45, 7) is 8.58. The number of aromatic nitrogens is 2. The zero-order valence-corrected chi connectivity index (χ0v) is 17.3. The molecule has 0 fully saturated rings. The van der Waals surface area contributed by atoms with Crippen LogP contribution < -0.4 is 10.6 Å². The maximum Gasteiger partial charge on any atom is 0.440 e. The molecule has 1 aromatic heterocycles. The van der Waals surface area contributed by atoms with E-state index in [4.69, 9.17) is 4.74 Å². The molecule has 10 heteroatoms. The third-order valence-corrected chi connectivity index (χ3v) is 5.08. The number of hydrogen-bond acceptors (Lipinski definition) is 4. The summed E-state index contributed by atoms with van der Waals surface area (Å²) in [4.78, 5) is 29.3. The molecule has 7 nitrogen and oxygen atoms in total. The minimum absolute atomic E-state index is 0.0554. The molecule has 2 atom stereocenters. The van der Waals surface area contributed by atoms with Gasteiger partial charge in [0.05, 0.1) is 17.6 Å². The van der Waals surface area contributed by atoms with Gasteiger partial charge in [0.1, 0.15) is 6.10 Å². The molecule has 2 aromatic rings. The summed E-state index contributed by atoms with van der Waals surface area (Å²) in [5.74, 6) is -2.78. The van der Waals surface area contributed by atoms with Crippen molar-refractivity contribution in [1.82, 2.24) is 14.9 Å². The van der Waals surface area contributed by atoms with E-state index < -0.39 is 29.8 Å². The van der Waals surface area contributed by atoms with E-state index in [1.165, 1.54) is 13.0 Å². The van der Waals surface area contributed by atoms with Gasteiger partial charge in [-0.3, -0.25) is 19.5 Å². The highest BCUT2D eigenvalue weighted by atomic mass is 19.4. The van der Waals surface area contributed by atoms with Gasteiger partial charge in [0.25, 0.3) is 17.5 Å². The summed E-state index contributed by atoms with van der Waals surface area (Å²) < 4.78 is 49.0. The highest BCUT2D eigenvalue weighted by Gasteiger charge is 2.67. The number of amides is 2. The summed E-state index contributed by atoms with van der Waals surface area (Å²) in [5.41, 5.74) is -0.459. The largest absolute Gasteiger partial charge is 0.440 e. The first-order valence-corrected chi connectivity index (χ1v) is 9.34. The number of nitrogens with zero attached hydrogens (tertiary/aromatic N) is 2. The molecule has 162 valence electrons. The number of allylic oxidation sites excluding steroid dienone is 1. The van der Waals surface area contributed by atoms with Gasteiger partial charge in [0.2, 0.25) is 5.95 Å². The van der Waals surface area contributed by atoms with Crippen molar-refractivity contribution in [2.24, 2.45) is 0 Å². The highest BCUT2D eigenvalue weighted by molar-refractivity contribution is 6.05. The lowest BCUT2D eigenvalue weighted by atomic mass is 10.1. The van der Waals surface area contributed by atoms with Gasteiger partial charge in [-0.2, -0.15) is 13.2 Å². The fraction of sp³-hybridized carbons (Fsp3) is 0.450. The maximum absolute atomic E-state index is 14.3. The van der Waals surface area contributed by atoms with Crippen molar-refractivity contribution in [2.45, 2.75) is 52.6 Å². The molecule has 3 rings (SSSR count). The number of benzene rings is 1. The lowest BCUT2D eigenvalue weighted by molar-refractivity contribution is -0.218. The predicted octanol–water partition coefficient (Wildman–Crippen LogP) is 3.31. The van der Waals surface area contributed by atoms with Crippen LogP contribution in [0.4, 0.5) is 19.1 Å². The number of fused-ring (bicyclic) bond motifs is 3. The van der Waals surface area contributed by atoms with Crippen LogP contribution in [0.5, 0.6) is 0 Å². The van der Waals surface area contributed by atoms with Gasteiger partial charge in [-0.15, -0.1) is 0 Å². The number of carbonyl (C=O) groups excluding carboxylic acids is 2. The van der Waals surface area contributed by atoms with Gasteiger partial charge >= 0.3 is 6.18 Å². The number of imidazole rings is 1. The van der Waals surface area contributed by atoms with Crippen LogP contribution in [0.25, 0.3) is 11.0 Å². The molecule has 1 aromatic carbocycles. The molecular formula is C20H23F3N4O3. The average molecular weight is 424 g/mol. The van der Waals surface area contributed by atoms with E-state index in [2.05, 4.69) is 10.3 Å². The number of halogens is 3. The molecule has 0 saturated heterocycles. The van der Waals surface area contributed by atoms with Crippen molar-refractivity contribution in [2.75, 3.05) is 11.9 Å². The summed E-state index contributed by atoms with van der Waals surface area (Å²) in [6, 6.07) is 3.15. The number of carbonyl (C=O) groups is 2. The van der Waals surface area contributed by atoms with Gasteiger partial charge in [-0.05, 0) is 57.9 Å². The number of ether oxygens (including phenoxy) is 1. The van der Waals surface area contributed by atoms with E-state index >= 15 is 0 Å². The Morgan fingerprint density at radius 3 is 2.57 bits per heavy atom. The first kappa shape index (κ1) is 21.8. The first-order chi connectivity index (χ1) is 13.9. The molecule has 2 amide bonds. The summed E-state index contributed by atoms with van der Waals surface area (Å²) in [5, 5.41) is 4.04. The Morgan fingerprint density at radius 2 is 1.97 bits per heavy atom. The fourth-order valence-corrected chi connectivity index (χ4v) is 3.20.